The van der Waals surface area contributed by atoms with E-state index in [0.29, 0.717) is 0 Å². The molecule has 33 heavy (non-hydrogen) atoms. The summed E-state index contributed by atoms with van der Waals surface area (Å²) < 4.78 is 77.8. The summed E-state index contributed by atoms with van der Waals surface area (Å²) in [7, 11) is -4.20. The SMILES string of the molecule is C[C@H]1CN(S(=O)(=O)c2ccc(OCc3ccccc3C(F)(F)F)cc2)[C@@H](C(=O)O)C(C)(C)O1. The molecule has 0 amide bonds. The Balaban J connectivity index is 1.82. The summed E-state index contributed by atoms with van der Waals surface area (Å²) in [4.78, 5) is 11.7. The first-order chi connectivity index (χ1) is 15.2. The number of rotatable bonds is 6. The summed E-state index contributed by atoms with van der Waals surface area (Å²) in [6.45, 7) is 4.17. The van der Waals surface area contributed by atoms with E-state index >= 15 is 0 Å². The van der Waals surface area contributed by atoms with Crippen molar-refractivity contribution in [2.45, 2.75) is 56.2 Å². The zero-order chi connectivity index (χ0) is 24.6. The first-order valence-corrected chi connectivity index (χ1v) is 11.5. The predicted molar refractivity (Wildman–Crippen MR) is 112 cm³/mol. The van der Waals surface area contributed by atoms with Crippen LogP contribution >= 0.6 is 0 Å². The van der Waals surface area contributed by atoms with Gasteiger partial charge in [-0.2, -0.15) is 17.5 Å². The highest BCUT2D eigenvalue weighted by atomic mass is 32.2. The summed E-state index contributed by atoms with van der Waals surface area (Å²) >= 11 is 0. The minimum absolute atomic E-state index is 0.0597. The molecule has 1 saturated heterocycles. The molecule has 11 heteroatoms. The van der Waals surface area contributed by atoms with Crippen molar-refractivity contribution in [1.82, 2.24) is 4.31 Å². The van der Waals surface area contributed by atoms with Crippen molar-refractivity contribution in [3.05, 3.63) is 59.7 Å². The number of halogens is 3. The van der Waals surface area contributed by atoms with Gasteiger partial charge in [0.05, 0.1) is 22.2 Å². The summed E-state index contributed by atoms with van der Waals surface area (Å²) in [5.74, 6) is -1.17. The van der Waals surface area contributed by atoms with E-state index in [9.17, 15) is 31.5 Å². The van der Waals surface area contributed by atoms with Gasteiger partial charge in [-0.15, -0.1) is 0 Å². The Morgan fingerprint density at radius 1 is 1.18 bits per heavy atom. The van der Waals surface area contributed by atoms with Gasteiger partial charge in [-0.3, -0.25) is 4.79 Å². The molecule has 180 valence electrons. The predicted octanol–water partition coefficient (Wildman–Crippen LogP) is 3.93. The van der Waals surface area contributed by atoms with E-state index in [4.69, 9.17) is 9.47 Å². The Morgan fingerprint density at radius 3 is 2.36 bits per heavy atom. The molecule has 1 N–H and O–H groups in total. The summed E-state index contributed by atoms with van der Waals surface area (Å²) in [6.07, 6.45) is -5.05. The molecular formula is C22H24F3NO6S. The van der Waals surface area contributed by atoms with E-state index in [1.807, 2.05) is 0 Å². The van der Waals surface area contributed by atoms with E-state index in [1.165, 1.54) is 56.3 Å². The van der Waals surface area contributed by atoms with Gasteiger partial charge >= 0.3 is 12.1 Å². The van der Waals surface area contributed by atoms with E-state index in [-0.39, 0.29) is 29.4 Å². The van der Waals surface area contributed by atoms with Gasteiger partial charge in [-0.05, 0) is 51.1 Å². The van der Waals surface area contributed by atoms with Crippen molar-refractivity contribution < 1.29 is 41.0 Å². The smallest absolute Gasteiger partial charge is 0.416 e. The van der Waals surface area contributed by atoms with Gasteiger partial charge in [0.25, 0.3) is 0 Å². The van der Waals surface area contributed by atoms with Crippen molar-refractivity contribution in [2.24, 2.45) is 0 Å². The van der Waals surface area contributed by atoms with Crippen LogP contribution in [0.2, 0.25) is 0 Å². The lowest BCUT2D eigenvalue weighted by molar-refractivity contribution is -0.174. The average Bonchev–Trinajstić information content (AvgIpc) is 2.70. The number of aliphatic carboxylic acids is 1. The second-order valence-corrected chi connectivity index (χ2v) is 10.2. The van der Waals surface area contributed by atoms with Gasteiger partial charge in [0.1, 0.15) is 12.4 Å². The molecule has 1 aliphatic heterocycles. The molecular weight excluding hydrogens is 463 g/mol. The van der Waals surface area contributed by atoms with Crippen molar-refractivity contribution in [3.63, 3.8) is 0 Å². The fourth-order valence-electron chi connectivity index (χ4n) is 3.91. The maximum absolute atomic E-state index is 13.2. The molecule has 1 heterocycles. The Bertz CT molecular complexity index is 1120. The van der Waals surface area contributed by atoms with Crippen LogP contribution in [0.4, 0.5) is 13.2 Å². The lowest BCUT2D eigenvalue weighted by atomic mass is 9.96. The first kappa shape index (κ1) is 25.0. The third kappa shape index (κ3) is 5.31. The van der Waals surface area contributed by atoms with Crippen molar-refractivity contribution in [3.8, 4) is 5.75 Å². The van der Waals surface area contributed by atoms with Gasteiger partial charge in [0.2, 0.25) is 10.0 Å². The molecule has 0 bridgehead atoms. The zero-order valence-electron chi connectivity index (χ0n) is 18.2. The summed E-state index contributed by atoms with van der Waals surface area (Å²) in [5, 5.41) is 9.66. The second kappa shape index (κ2) is 8.96. The maximum Gasteiger partial charge on any atom is 0.416 e. The fourth-order valence-corrected chi connectivity index (χ4v) is 5.69. The number of ether oxygens (including phenoxy) is 2. The number of sulfonamides is 1. The Hall–Kier alpha value is -2.63. The van der Waals surface area contributed by atoms with Gasteiger partial charge in [-0.1, -0.05) is 18.2 Å². The van der Waals surface area contributed by atoms with Gasteiger partial charge in [-0.25, -0.2) is 8.42 Å². The number of carboxylic acids is 1. The van der Waals surface area contributed by atoms with Crippen LogP contribution in [-0.4, -0.2) is 48.1 Å². The number of alkyl halides is 3. The van der Waals surface area contributed by atoms with E-state index < -0.39 is 45.5 Å². The molecule has 0 spiro atoms. The van der Waals surface area contributed by atoms with Crippen LogP contribution in [-0.2, 0) is 32.3 Å². The maximum atomic E-state index is 13.2. The molecule has 0 saturated carbocycles. The lowest BCUT2D eigenvalue weighted by Crippen LogP contribution is -2.63. The van der Waals surface area contributed by atoms with Crippen LogP contribution in [0.25, 0.3) is 0 Å². The second-order valence-electron chi connectivity index (χ2n) is 8.26. The number of nitrogens with zero attached hydrogens (tertiary/aromatic N) is 1. The standard InChI is InChI=1S/C22H24F3NO6S/c1-14-12-26(19(20(27)28)21(2,3)32-14)33(29,30)17-10-8-16(9-11-17)31-13-15-6-4-5-7-18(15)22(23,24)25/h4-11,14,19H,12-13H2,1-3H3,(H,27,28)/t14-,19-/m0/s1. The molecule has 2 atom stereocenters. The lowest BCUT2D eigenvalue weighted by Gasteiger charge is -2.45. The van der Waals surface area contributed by atoms with Crippen LogP contribution in [0, 0.1) is 0 Å². The van der Waals surface area contributed by atoms with E-state index in [1.54, 1.807) is 6.92 Å². The first-order valence-electron chi connectivity index (χ1n) is 10.0. The number of carbonyl (C=O) groups is 1. The molecule has 3 rings (SSSR count). The highest BCUT2D eigenvalue weighted by Gasteiger charge is 2.50. The third-order valence-corrected chi connectivity index (χ3v) is 7.12. The van der Waals surface area contributed by atoms with E-state index in [0.717, 1.165) is 10.4 Å². The van der Waals surface area contributed by atoms with Crippen LogP contribution < -0.4 is 4.74 Å². The third-order valence-electron chi connectivity index (χ3n) is 5.27. The number of benzene rings is 2. The highest BCUT2D eigenvalue weighted by molar-refractivity contribution is 7.89. The average molecular weight is 487 g/mol. The van der Waals surface area contributed by atoms with Crippen molar-refractivity contribution >= 4 is 16.0 Å². The molecule has 0 radical (unpaired) electrons. The monoisotopic (exact) mass is 487 g/mol. The van der Waals surface area contributed by atoms with Crippen LogP contribution in [0.1, 0.15) is 31.9 Å². The highest BCUT2D eigenvalue weighted by Crippen LogP contribution is 2.34. The number of carboxylic acid groups (broad SMARTS) is 1. The quantitative estimate of drug-likeness (QED) is 0.664. The normalized spacial score (nSPS) is 21.5. The Labute approximate surface area is 189 Å². The molecule has 1 aliphatic rings. The number of hydrogen-bond donors (Lipinski definition) is 1. The van der Waals surface area contributed by atoms with Crippen LogP contribution in [0.15, 0.2) is 53.4 Å². The van der Waals surface area contributed by atoms with Crippen LogP contribution in [0.5, 0.6) is 5.75 Å². The molecule has 1 fully saturated rings. The topological polar surface area (TPSA) is 93.1 Å². The van der Waals surface area contributed by atoms with Gasteiger partial charge in [0, 0.05) is 12.1 Å². The fraction of sp³-hybridized carbons (Fsp3) is 0.409. The van der Waals surface area contributed by atoms with Gasteiger partial charge < -0.3 is 14.6 Å². The minimum atomic E-state index is -4.53. The Morgan fingerprint density at radius 2 is 1.79 bits per heavy atom. The number of morpholine rings is 1. The minimum Gasteiger partial charge on any atom is -0.489 e. The largest absolute Gasteiger partial charge is 0.489 e. The summed E-state index contributed by atoms with van der Waals surface area (Å²) in [6, 6.07) is 8.65. The van der Waals surface area contributed by atoms with E-state index in [2.05, 4.69) is 0 Å². The summed E-state index contributed by atoms with van der Waals surface area (Å²) in [5.41, 5.74) is -2.13. The molecule has 0 aliphatic carbocycles. The molecule has 7 nitrogen and oxygen atoms in total. The molecule has 2 aromatic rings. The van der Waals surface area contributed by atoms with Crippen molar-refractivity contribution in [2.75, 3.05) is 6.54 Å². The molecule has 2 aromatic carbocycles. The molecule has 0 unspecified atom stereocenters. The van der Waals surface area contributed by atoms with Crippen molar-refractivity contribution in [1.29, 1.82) is 0 Å². The Kier molecular flexibility index (Phi) is 6.79. The van der Waals surface area contributed by atoms with Gasteiger partial charge in [0.15, 0.2) is 6.04 Å². The number of hydrogen-bond acceptors (Lipinski definition) is 5. The zero-order valence-corrected chi connectivity index (χ0v) is 19.0. The molecule has 0 aromatic heterocycles. The van der Waals surface area contributed by atoms with Crippen LogP contribution in [0.3, 0.4) is 0 Å².